The summed E-state index contributed by atoms with van der Waals surface area (Å²) in [5.74, 6) is -2.85. The van der Waals surface area contributed by atoms with Crippen LogP contribution in [0.25, 0.3) is 6.08 Å². The van der Waals surface area contributed by atoms with Gasteiger partial charge in [0.05, 0.1) is 26.3 Å². The fourth-order valence-corrected chi connectivity index (χ4v) is 4.18. The number of esters is 2. The number of hydrogen-bond donors (Lipinski definition) is 0. The van der Waals surface area contributed by atoms with Crippen LogP contribution in [0.15, 0.2) is 42.2 Å². The van der Waals surface area contributed by atoms with Crippen molar-refractivity contribution in [1.29, 1.82) is 0 Å². The van der Waals surface area contributed by atoms with Gasteiger partial charge in [-0.05, 0) is 22.6 Å². The highest BCUT2D eigenvalue weighted by Crippen LogP contribution is 2.45. The molecule has 0 radical (unpaired) electrons. The highest BCUT2D eigenvalue weighted by atomic mass is 16.5. The van der Waals surface area contributed by atoms with Crippen molar-refractivity contribution >= 4 is 29.6 Å². The molecule has 1 aliphatic heterocycles. The van der Waals surface area contributed by atoms with Crippen LogP contribution in [0.2, 0.25) is 0 Å². The predicted molar refractivity (Wildman–Crippen MR) is 109 cm³/mol. The molecular formula is C23H25NO6. The summed E-state index contributed by atoms with van der Waals surface area (Å²) < 4.78 is 9.54. The molecule has 3 rings (SSSR count). The van der Waals surface area contributed by atoms with Crippen LogP contribution in [0.3, 0.4) is 0 Å². The fourth-order valence-electron chi connectivity index (χ4n) is 4.18. The second-order valence-corrected chi connectivity index (χ2v) is 8.27. The van der Waals surface area contributed by atoms with Crippen molar-refractivity contribution in [2.45, 2.75) is 32.7 Å². The smallest absolute Gasteiger partial charge is 0.354 e. The number of ether oxygens (including phenoxy) is 2. The minimum atomic E-state index is -0.963. The first-order valence-electron chi connectivity index (χ1n) is 9.67. The van der Waals surface area contributed by atoms with Crippen molar-refractivity contribution in [3.8, 4) is 0 Å². The van der Waals surface area contributed by atoms with Gasteiger partial charge in [-0.3, -0.25) is 9.59 Å². The minimum Gasteiger partial charge on any atom is -0.466 e. The number of ketones is 2. The lowest BCUT2D eigenvalue weighted by molar-refractivity contribution is -0.144. The molecule has 1 atom stereocenters. The first kappa shape index (κ1) is 21.5. The second-order valence-electron chi connectivity index (χ2n) is 8.27. The Morgan fingerprint density at radius 2 is 1.70 bits per heavy atom. The molecule has 0 bridgehead atoms. The van der Waals surface area contributed by atoms with E-state index in [1.54, 1.807) is 12.3 Å². The van der Waals surface area contributed by atoms with E-state index in [2.05, 4.69) is 4.74 Å². The van der Waals surface area contributed by atoms with E-state index in [4.69, 9.17) is 4.74 Å². The summed E-state index contributed by atoms with van der Waals surface area (Å²) in [7, 11) is 2.40. The monoisotopic (exact) mass is 411 g/mol. The Hall–Kier alpha value is -3.22. The van der Waals surface area contributed by atoms with Gasteiger partial charge >= 0.3 is 11.9 Å². The van der Waals surface area contributed by atoms with E-state index in [0.717, 1.165) is 17.2 Å². The quantitative estimate of drug-likeness (QED) is 0.427. The number of hydrogen-bond acceptors (Lipinski definition) is 7. The molecule has 30 heavy (non-hydrogen) atoms. The Morgan fingerprint density at radius 1 is 1.07 bits per heavy atom. The van der Waals surface area contributed by atoms with Crippen molar-refractivity contribution in [3.63, 3.8) is 0 Å². The second kappa shape index (κ2) is 8.26. The standard InChI is InChI=1S/C23H25NO6/c1-23(2)12-17(25)20(18(26)13-23)21-15-8-6-5-7-14(15)9-10-24(21)16(22(28)30-4)11-19(27)29-3/h5-11,20-21H,12-13H2,1-4H3/b16-11-. The number of nitrogens with zero attached hydrogens (tertiary/aromatic N) is 1. The number of methoxy groups -OCH3 is 2. The molecule has 2 aliphatic rings. The third-order valence-corrected chi connectivity index (χ3v) is 5.47. The van der Waals surface area contributed by atoms with E-state index in [0.29, 0.717) is 0 Å². The zero-order valence-corrected chi connectivity index (χ0v) is 17.5. The zero-order chi connectivity index (χ0) is 22.1. The Morgan fingerprint density at radius 3 is 2.30 bits per heavy atom. The maximum absolute atomic E-state index is 13.1. The summed E-state index contributed by atoms with van der Waals surface area (Å²) in [6.45, 7) is 3.78. The Labute approximate surface area is 175 Å². The third-order valence-electron chi connectivity index (χ3n) is 5.47. The number of rotatable bonds is 4. The summed E-state index contributed by atoms with van der Waals surface area (Å²) in [6.07, 6.45) is 4.89. The molecule has 1 unspecified atom stereocenters. The van der Waals surface area contributed by atoms with Crippen LogP contribution in [0.1, 0.15) is 43.9 Å². The molecule has 1 saturated carbocycles. The summed E-state index contributed by atoms with van der Waals surface area (Å²) in [5.41, 5.74) is 1.05. The van der Waals surface area contributed by atoms with Gasteiger partial charge in [0.1, 0.15) is 23.2 Å². The molecule has 7 heteroatoms. The van der Waals surface area contributed by atoms with Gasteiger partial charge in [-0.15, -0.1) is 0 Å². The zero-order valence-electron chi connectivity index (χ0n) is 17.5. The van der Waals surface area contributed by atoms with Crippen molar-refractivity contribution in [3.05, 3.63) is 53.4 Å². The van der Waals surface area contributed by atoms with Crippen LogP contribution in [-0.2, 0) is 28.7 Å². The van der Waals surface area contributed by atoms with Gasteiger partial charge in [0, 0.05) is 19.0 Å². The molecule has 1 aliphatic carbocycles. The largest absolute Gasteiger partial charge is 0.466 e. The molecule has 7 nitrogen and oxygen atoms in total. The maximum Gasteiger partial charge on any atom is 0.354 e. The van der Waals surface area contributed by atoms with Crippen LogP contribution < -0.4 is 0 Å². The Kier molecular flexibility index (Phi) is 5.92. The van der Waals surface area contributed by atoms with Gasteiger partial charge in [-0.2, -0.15) is 0 Å². The molecule has 1 aromatic rings. The average molecular weight is 411 g/mol. The summed E-state index contributed by atoms with van der Waals surface area (Å²) >= 11 is 0. The van der Waals surface area contributed by atoms with Gasteiger partial charge in [0.2, 0.25) is 0 Å². The highest BCUT2D eigenvalue weighted by Gasteiger charge is 2.47. The van der Waals surface area contributed by atoms with E-state index in [1.807, 2.05) is 38.1 Å². The lowest BCUT2D eigenvalue weighted by Crippen LogP contribution is -2.46. The van der Waals surface area contributed by atoms with Gasteiger partial charge in [-0.25, -0.2) is 9.59 Å². The van der Waals surface area contributed by atoms with Crippen LogP contribution in [0, 0.1) is 11.3 Å². The Bertz CT molecular complexity index is 938. The van der Waals surface area contributed by atoms with Crippen molar-refractivity contribution in [2.75, 3.05) is 14.2 Å². The normalized spacial score (nSPS) is 21.3. The predicted octanol–water partition coefficient (Wildman–Crippen LogP) is 2.82. The lowest BCUT2D eigenvalue weighted by Gasteiger charge is -2.42. The average Bonchev–Trinajstić information content (AvgIpc) is 2.70. The van der Waals surface area contributed by atoms with Gasteiger partial charge in [-0.1, -0.05) is 38.1 Å². The van der Waals surface area contributed by atoms with Crippen molar-refractivity contribution in [2.24, 2.45) is 11.3 Å². The number of benzene rings is 1. The van der Waals surface area contributed by atoms with E-state index in [9.17, 15) is 19.2 Å². The van der Waals surface area contributed by atoms with E-state index in [-0.39, 0.29) is 30.1 Å². The minimum absolute atomic E-state index is 0.106. The van der Waals surface area contributed by atoms with E-state index >= 15 is 0 Å². The Balaban J connectivity index is 2.16. The number of carbonyl (C=O) groups is 4. The molecule has 1 aromatic carbocycles. The SMILES string of the molecule is COC(=O)/C=C(/C(=O)OC)N1C=Cc2ccccc2C1C1C(=O)CC(C)(C)CC1=O. The maximum atomic E-state index is 13.1. The molecule has 0 N–H and O–H groups in total. The van der Waals surface area contributed by atoms with Gasteiger partial charge < -0.3 is 14.4 Å². The van der Waals surface area contributed by atoms with Gasteiger partial charge in [0.15, 0.2) is 0 Å². The molecule has 1 heterocycles. The number of Topliss-reactive ketones (excluding diaryl/α,β-unsaturated/α-hetero) is 2. The van der Waals surface area contributed by atoms with Crippen LogP contribution in [0.4, 0.5) is 0 Å². The van der Waals surface area contributed by atoms with Crippen molar-refractivity contribution < 1.29 is 28.7 Å². The first-order valence-corrected chi connectivity index (χ1v) is 9.67. The van der Waals surface area contributed by atoms with E-state index in [1.165, 1.54) is 19.1 Å². The topological polar surface area (TPSA) is 90.0 Å². The molecule has 0 aromatic heterocycles. The summed E-state index contributed by atoms with van der Waals surface area (Å²) in [5, 5.41) is 0. The molecule has 0 amide bonds. The van der Waals surface area contributed by atoms with Crippen LogP contribution in [0.5, 0.6) is 0 Å². The molecule has 1 fully saturated rings. The van der Waals surface area contributed by atoms with Crippen LogP contribution in [-0.4, -0.2) is 42.6 Å². The molecular weight excluding hydrogens is 386 g/mol. The molecule has 0 spiro atoms. The number of fused-ring (bicyclic) bond motifs is 1. The van der Waals surface area contributed by atoms with E-state index < -0.39 is 29.3 Å². The first-order chi connectivity index (χ1) is 14.2. The fraction of sp³-hybridized carbons (Fsp3) is 0.391. The van der Waals surface area contributed by atoms with Gasteiger partial charge in [0.25, 0.3) is 0 Å². The molecule has 0 saturated heterocycles. The third kappa shape index (κ3) is 4.06. The number of carbonyl (C=O) groups excluding carboxylic acids is 4. The van der Waals surface area contributed by atoms with Crippen LogP contribution >= 0.6 is 0 Å². The summed E-state index contributed by atoms with van der Waals surface area (Å²) in [6, 6.07) is 6.60. The highest BCUT2D eigenvalue weighted by molar-refractivity contribution is 6.06. The van der Waals surface area contributed by atoms with Crippen molar-refractivity contribution in [1.82, 2.24) is 4.90 Å². The summed E-state index contributed by atoms with van der Waals surface area (Å²) in [4.78, 5) is 52.2. The molecule has 158 valence electrons. The lowest BCUT2D eigenvalue weighted by atomic mass is 9.67.